The van der Waals surface area contributed by atoms with Gasteiger partial charge in [0.15, 0.2) is 6.10 Å². The molecule has 0 aromatic rings. The number of esters is 3. The molecule has 0 aromatic heterocycles. The summed E-state index contributed by atoms with van der Waals surface area (Å²) in [5.74, 6) is -0.977. The highest BCUT2D eigenvalue weighted by atomic mass is 16.6. The first-order chi connectivity index (χ1) is 38.5. The summed E-state index contributed by atoms with van der Waals surface area (Å²) in [6.45, 7) is 6.36. The van der Waals surface area contributed by atoms with Gasteiger partial charge >= 0.3 is 17.9 Å². The standard InChI is InChI=1S/C72H120O6/c1-4-7-10-13-16-19-22-25-27-28-29-30-31-32-33-34-35-36-37-38-39-40-41-42-43-44-45-48-50-53-56-59-62-65-71(74)77-68-69(67-76-70(73)64-61-58-55-52-49-46-24-21-18-15-12-9-6-3)78-72(75)66-63-60-57-54-51-47-26-23-20-17-14-11-8-5-2/h7,9-10,12,16,18-19,21,25,27,29-30,32-33,35-36,46,49,55,58,69H,4-6,8,11,13-15,17,20,22-24,26,28,31,34,37-45,47-48,50-54,56-57,59-68H2,1-3H3/b10-7-,12-9-,19-16-,21-18-,27-25-,30-29-,33-32-,36-35-,49-46-,58-55-. The molecule has 0 amide bonds. The number of carbonyl (C=O) groups excluding carboxylic acids is 3. The zero-order valence-corrected chi connectivity index (χ0v) is 50.9. The third kappa shape index (κ3) is 62.7. The van der Waals surface area contributed by atoms with Crippen LogP contribution < -0.4 is 0 Å². The van der Waals surface area contributed by atoms with E-state index in [2.05, 4.69) is 136 Å². The monoisotopic (exact) mass is 1080 g/mol. The lowest BCUT2D eigenvalue weighted by Crippen LogP contribution is -2.30. The Bertz CT molecular complexity index is 1620. The van der Waals surface area contributed by atoms with Crippen molar-refractivity contribution in [2.75, 3.05) is 13.2 Å². The molecule has 444 valence electrons. The van der Waals surface area contributed by atoms with E-state index < -0.39 is 6.10 Å². The van der Waals surface area contributed by atoms with Gasteiger partial charge in [-0.05, 0) is 96.3 Å². The predicted molar refractivity (Wildman–Crippen MR) is 339 cm³/mol. The van der Waals surface area contributed by atoms with E-state index in [-0.39, 0.29) is 37.5 Å². The smallest absolute Gasteiger partial charge is 0.306 e. The number of hydrogen-bond acceptors (Lipinski definition) is 6. The lowest BCUT2D eigenvalue weighted by molar-refractivity contribution is -0.166. The fourth-order valence-electron chi connectivity index (χ4n) is 8.93. The van der Waals surface area contributed by atoms with Crippen LogP contribution in [0.1, 0.15) is 297 Å². The molecule has 0 aliphatic rings. The minimum atomic E-state index is -0.806. The molecular formula is C72H120O6. The van der Waals surface area contributed by atoms with Crippen LogP contribution in [-0.2, 0) is 28.6 Å². The van der Waals surface area contributed by atoms with Crippen molar-refractivity contribution in [2.24, 2.45) is 0 Å². The van der Waals surface area contributed by atoms with Gasteiger partial charge in [0.1, 0.15) is 13.2 Å². The Kier molecular flexibility index (Phi) is 61.8. The Hall–Kier alpha value is -4.19. The van der Waals surface area contributed by atoms with Gasteiger partial charge in [-0.2, -0.15) is 0 Å². The summed E-state index contributed by atoms with van der Waals surface area (Å²) < 4.78 is 16.8. The van der Waals surface area contributed by atoms with Crippen LogP contribution in [0.4, 0.5) is 0 Å². The first-order valence-corrected chi connectivity index (χ1v) is 32.5. The van der Waals surface area contributed by atoms with E-state index in [1.165, 1.54) is 148 Å². The summed E-state index contributed by atoms with van der Waals surface area (Å²) in [5.41, 5.74) is 0. The fraction of sp³-hybridized carbons (Fsp3) is 0.681. The molecule has 0 heterocycles. The molecule has 78 heavy (non-hydrogen) atoms. The van der Waals surface area contributed by atoms with Gasteiger partial charge in [0.25, 0.3) is 0 Å². The predicted octanol–water partition coefficient (Wildman–Crippen LogP) is 22.4. The van der Waals surface area contributed by atoms with Crippen molar-refractivity contribution >= 4 is 17.9 Å². The average Bonchev–Trinajstić information content (AvgIpc) is 3.44. The molecule has 0 fully saturated rings. The van der Waals surface area contributed by atoms with E-state index in [4.69, 9.17) is 14.2 Å². The Morgan fingerprint density at radius 2 is 0.526 bits per heavy atom. The van der Waals surface area contributed by atoms with Crippen molar-refractivity contribution < 1.29 is 28.6 Å². The summed E-state index contributed by atoms with van der Waals surface area (Å²) in [6, 6.07) is 0. The number of allylic oxidation sites excluding steroid dienone is 20. The van der Waals surface area contributed by atoms with Crippen LogP contribution in [-0.4, -0.2) is 37.2 Å². The molecule has 1 atom stereocenters. The number of ether oxygens (including phenoxy) is 3. The summed E-state index contributed by atoms with van der Waals surface area (Å²) in [6.07, 6.45) is 90.9. The van der Waals surface area contributed by atoms with E-state index in [0.29, 0.717) is 19.3 Å². The maximum Gasteiger partial charge on any atom is 0.306 e. The van der Waals surface area contributed by atoms with Crippen molar-refractivity contribution in [3.05, 3.63) is 122 Å². The highest BCUT2D eigenvalue weighted by Gasteiger charge is 2.19. The SMILES string of the molecule is CC/C=C\C/C=C\C/C=C\C/C=C\C/C=C\C/C=C\CCCCCCCCCCCCCCCCC(=O)OCC(COC(=O)CC/C=C\C/C=C\C/C=C\C/C=C\CC)OC(=O)CCCCCCCCCCCCCCCC. The van der Waals surface area contributed by atoms with Crippen molar-refractivity contribution in [3.63, 3.8) is 0 Å². The molecule has 0 bridgehead atoms. The molecule has 0 saturated heterocycles. The molecular weight excluding hydrogens is 961 g/mol. The summed E-state index contributed by atoms with van der Waals surface area (Å²) in [4.78, 5) is 38.2. The van der Waals surface area contributed by atoms with E-state index in [0.717, 1.165) is 103 Å². The second-order valence-electron chi connectivity index (χ2n) is 21.3. The number of unbranched alkanes of at least 4 members (excludes halogenated alkanes) is 27. The Morgan fingerprint density at radius 1 is 0.269 bits per heavy atom. The normalized spacial score (nSPS) is 12.9. The van der Waals surface area contributed by atoms with E-state index in [1.807, 2.05) is 6.08 Å². The van der Waals surface area contributed by atoms with Crippen LogP contribution in [0.25, 0.3) is 0 Å². The van der Waals surface area contributed by atoms with Gasteiger partial charge in [0.2, 0.25) is 0 Å². The average molecular weight is 1080 g/mol. The van der Waals surface area contributed by atoms with Crippen LogP contribution in [0, 0.1) is 0 Å². The van der Waals surface area contributed by atoms with E-state index in [1.54, 1.807) is 0 Å². The molecule has 6 heteroatoms. The molecule has 0 aliphatic carbocycles. The minimum Gasteiger partial charge on any atom is -0.462 e. The fourth-order valence-corrected chi connectivity index (χ4v) is 8.93. The molecule has 0 rings (SSSR count). The molecule has 0 aliphatic heterocycles. The lowest BCUT2D eigenvalue weighted by Gasteiger charge is -2.18. The maximum atomic E-state index is 12.9. The summed E-state index contributed by atoms with van der Waals surface area (Å²) in [5, 5.41) is 0. The Balaban J connectivity index is 4.21. The van der Waals surface area contributed by atoms with Gasteiger partial charge in [-0.15, -0.1) is 0 Å². The Labute approximate surface area is 482 Å². The minimum absolute atomic E-state index is 0.0987. The van der Waals surface area contributed by atoms with Crippen molar-refractivity contribution in [1.29, 1.82) is 0 Å². The zero-order valence-electron chi connectivity index (χ0n) is 50.9. The summed E-state index contributed by atoms with van der Waals surface area (Å²) >= 11 is 0. The molecule has 0 N–H and O–H groups in total. The van der Waals surface area contributed by atoms with Crippen LogP contribution in [0.3, 0.4) is 0 Å². The number of carbonyl (C=O) groups is 3. The molecule has 1 unspecified atom stereocenters. The van der Waals surface area contributed by atoms with Gasteiger partial charge in [0, 0.05) is 19.3 Å². The van der Waals surface area contributed by atoms with Crippen molar-refractivity contribution in [2.45, 2.75) is 303 Å². The van der Waals surface area contributed by atoms with E-state index >= 15 is 0 Å². The highest BCUT2D eigenvalue weighted by molar-refractivity contribution is 5.71. The van der Waals surface area contributed by atoms with Crippen LogP contribution >= 0.6 is 0 Å². The van der Waals surface area contributed by atoms with Gasteiger partial charge in [-0.1, -0.05) is 303 Å². The first kappa shape index (κ1) is 73.8. The van der Waals surface area contributed by atoms with Crippen LogP contribution in [0.5, 0.6) is 0 Å². The van der Waals surface area contributed by atoms with Crippen LogP contribution in [0.15, 0.2) is 122 Å². The molecule has 6 nitrogen and oxygen atoms in total. The third-order valence-electron chi connectivity index (χ3n) is 13.7. The first-order valence-electron chi connectivity index (χ1n) is 32.5. The number of hydrogen-bond donors (Lipinski definition) is 0. The molecule has 0 spiro atoms. The van der Waals surface area contributed by atoms with E-state index in [9.17, 15) is 14.4 Å². The second kappa shape index (κ2) is 65.3. The van der Waals surface area contributed by atoms with Crippen molar-refractivity contribution in [1.82, 2.24) is 0 Å². The quantitative estimate of drug-likeness (QED) is 0.0261. The van der Waals surface area contributed by atoms with Crippen LogP contribution in [0.2, 0.25) is 0 Å². The highest BCUT2D eigenvalue weighted by Crippen LogP contribution is 2.16. The largest absolute Gasteiger partial charge is 0.462 e. The van der Waals surface area contributed by atoms with Crippen molar-refractivity contribution in [3.8, 4) is 0 Å². The van der Waals surface area contributed by atoms with Gasteiger partial charge in [-0.3, -0.25) is 14.4 Å². The van der Waals surface area contributed by atoms with Gasteiger partial charge < -0.3 is 14.2 Å². The zero-order chi connectivity index (χ0) is 56.4. The molecule has 0 saturated carbocycles. The Morgan fingerprint density at radius 3 is 0.859 bits per heavy atom. The topological polar surface area (TPSA) is 78.9 Å². The third-order valence-corrected chi connectivity index (χ3v) is 13.7. The second-order valence-corrected chi connectivity index (χ2v) is 21.3. The summed E-state index contributed by atoms with van der Waals surface area (Å²) in [7, 11) is 0. The van der Waals surface area contributed by atoms with Gasteiger partial charge in [0.05, 0.1) is 0 Å². The van der Waals surface area contributed by atoms with Gasteiger partial charge in [-0.25, -0.2) is 0 Å². The molecule has 0 aromatic carbocycles. The maximum absolute atomic E-state index is 12.9. The number of rotatable bonds is 58. The molecule has 0 radical (unpaired) electrons. The lowest BCUT2D eigenvalue weighted by atomic mass is 10.0.